The van der Waals surface area contributed by atoms with Crippen molar-refractivity contribution in [3.63, 3.8) is 0 Å². The zero-order valence-electron chi connectivity index (χ0n) is 16.6. The lowest BCUT2D eigenvalue weighted by Gasteiger charge is -2.44. The van der Waals surface area contributed by atoms with Crippen LogP contribution in [0.2, 0.25) is 0 Å². The van der Waals surface area contributed by atoms with E-state index in [0.29, 0.717) is 17.4 Å². The molecular weight excluding hydrogens is 402 g/mol. The van der Waals surface area contributed by atoms with Gasteiger partial charge in [-0.1, -0.05) is 54.6 Å². The normalized spacial score (nSPS) is 21.6. The second kappa shape index (κ2) is 5.98. The molecule has 1 atom stereocenters. The van der Waals surface area contributed by atoms with Crippen molar-refractivity contribution in [3.05, 3.63) is 95.3 Å². The van der Waals surface area contributed by atoms with Crippen LogP contribution in [0.4, 0.5) is 11.4 Å². The van der Waals surface area contributed by atoms with Crippen molar-refractivity contribution >= 4 is 40.1 Å². The first-order chi connectivity index (χ1) is 15.7. The van der Waals surface area contributed by atoms with Crippen molar-refractivity contribution in [3.8, 4) is 0 Å². The lowest BCUT2D eigenvalue weighted by molar-refractivity contribution is -0.120. The van der Waals surface area contributed by atoms with E-state index in [1.807, 2.05) is 83.8 Å². The van der Waals surface area contributed by atoms with Gasteiger partial charge in [0, 0.05) is 27.8 Å². The predicted molar refractivity (Wildman–Crippen MR) is 121 cm³/mol. The van der Waals surface area contributed by atoms with E-state index in [-0.39, 0.29) is 5.91 Å². The van der Waals surface area contributed by atoms with Crippen molar-refractivity contribution in [1.29, 1.82) is 0 Å². The Morgan fingerprint density at radius 2 is 1.66 bits per heavy atom. The minimum Gasteiger partial charge on any atom is -0.338 e. The minimum absolute atomic E-state index is 0.206. The molecule has 1 spiro atoms. The monoisotopic (exact) mass is 417 g/mol. The molecule has 3 aliphatic rings. The lowest BCUT2D eigenvalue weighted by Crippen LogP contribution is -2.60. The van der Waals surface area contributed by atoms with Crippen LogP contribution in [0.25, 0.3) is 10.9 Å². The molecule has 152 valence electrons. The summed E-state index contributed by atoms with van der Waals surface area (Å²) in [5.41, 5.74) is 2.84. The number of aliphatic imine (C=N–C) groups is 2. The van der Waals surface area contributed by atoms with Crippen molar-refractivity contribution < 1.29 is 4.79 Å². The quantitative estimate of drug-likeness (QED) is 0.497. The molecule has 3 aromatic carbocycles. The minimum atomic E-state index is -1.18. The molecule has 2 N–H and O–H groups in total. The molecule has 0 aliphatic carbocycles. The van der Waals surface area contributed by atoms with E-state index < -0.39 is 5.66 Å². The summed E-state index contributed by atoms with van der Waals surface area (Å²) in [5.74, 6) is 0.487. The smallest absolute Gasteiger partial charge is 0.278 e. The van der Waals surface area contributed by atoms with Crippen molar-refractivity contribution in [2.24, 2.45) is 20.0 Å². The maximum absolute atomic E-state index is 13.1. The van der Waals surface area contributed by atoms with Crippen LogP contribution < -0.4 is 21.1 Å². The maximum Gasteiger partial charge on any atom is 0.278 e. The first kappa shape index (κ1) is 17.1. The van der Waals surface area contributed by atoms with E-state index in [4.69, 9.17) is 4.99 Å². The summed E-state index contributed by atoms with van der Waals surface area (Å²) < 4.78 is 0. The SMILES string of the molecule is O=C1Nc2ccccc2C12N=C(N=C1N=c3[nH]c4ccccc4c3=N1)N2c1ccccc1. The van der Waals surface area contributed by atoms with Crippen molar-refractivity contribution in [2.45, 2.75) is 5.66 Å². The summed E-state index contributed by atoms with van der Waals surface area (Å²) in [7, 11) is 0. The number of carbonyl (C=O) groups excluding carboxylic acids is 1. The number of carbonyl (C=O) groups is 1. The van der Waals surface area contributed by atoms with Crippen LogP contribution >= 0.6 is 0 Å². The fourth-order valence-electron chi connectivity index (χ4n) is 4.53. The molecule has 4 aromatic rings. The molecule has 0 saturated carbocycles. The number of H-pyrrole nitrogens is 1. The summed E-state index contributed by atoms with van der Waals surface area (Å²) in [6.45, 7) is 0. The molecule has 1 aromatic heterocycles. The molecule has 0 radical (unpaired) electrons. The van der Waals surface area contributed by atoms with E-state index in [9.17, 15) is 4.79 Å². The van der Waals surface area contributed by atoms with E-state index >= 15 is 0 Å². The Bertz CT molecular complexity index is 1630. The van der Waals surface area contributed by atoms with E-state index in [0.717, 1.165) is 33.2 Å². The number of fused-ring (bicyclic) bond motifs is 5. The first-order valence-corrected chi connectivity index (χ1v) is 10.2. The second-order valence-electron chi connectivity index (χ2n) is 7.76. The van der Waals surface area contributed by atoms with Gasteiger partial charge >= 0.3 is 0 Å². The maximum atomic E-state index is 13.1. The van der Waals surface area contributed by atoms with Crippen LogP contribution in [0.3, 0.4) is 0 Å². The molecule has 8 heteroatoms. The highest BCUT2D eigenvalue weighted by Gasteiger charge is 2.59. The number of hydrogen-bond acceptors (Lipinski definition) is 4. The van der Waals surface area contributed by atoms with Gasteiger partial charge in [-0.15, -0.1) is 0 Å². The lowest BCUT2D eigenvalue weighted by atomic mass is 9.95. The summed E-state index contributed by atoms with van der Waals surface area (Å²) in [4.78, 5) is 36.7. The van der Waals surface area contributed by atoms with Crippen LogP contribution in [0, 0.1) is 0 Å². The molecule has 4 heterocycles. The van der Waals surface area contributed by atoms with Gasteiger partial charge in [-0.3, -0.25) is 9.69 Å². The summed E-state index contributed by atoms with van der Waals surface area (Å²) in [6.07, 6.45) is 0. The Morgan fingerprint density at radius 3 is 2.56 bits per heavy atom. The Hall–Kier alpha value is -4.59. The van der Waals surface area contributed by atoms with Gasteiger partial charge in [0.1, 0.15) is 5.36 Å². The molecule has 1 amide bonds. The topological polar surface area (TPSA) is 97.6 Å². The number of nitrogens with one attached hydrogen (secondary N) is 2. The van der Waals surface area contributed by atoms with Crippen LogP contribution in [0.1, 0.15) is 5.56 Å². The first-order valence-electron chi connectivity index (χ1n) is 10.2. The van der Waals surface area contributed by atoms with E-state index in [2.05, 4.69) is 25.3 Å². The van der Waals surface area contributed by atoms with Gasteiger partial charge in [0.15, 0.2) is 5.49 Å². The summed E-state index contributed by atoms with van der Waals surface area (Å²) in [6, 6.07) is 25.2. The zero-order valence-corrected chi connectivity index (χ0v) is 16.6. The van der Waals surface area contributed by atoms with Gasteiger partial charge in [-0.05, 0) is 24.3 Å². The van der Waals surface area contributed by atoms with Gasteiger partial charge in [-0.25, -0.2) is 9.98 Å². The van der Waals surface area contributed by atoms with Crippen LogP contribution in [0.15, 0.2) is 98.8 Å². The van der Waals surface area contributed by atoms with E-state index in [1.54, 1.807) is 0 Å². The fourth-order valence-corrected chi connectivity index (χ4v) is 4.53. The van der Waals surface area contributed by atoms with Crippen LogP contribution in [0.5, 0.6) is 0 Å². The highest BCUT2D eigenvalue weighted by Crippen LogP contribution is 2.48. The zero-order chi connectivity index (χ0) is 21.3. The molecular formula is C24H15N7O. The second-order valence-corrected chi connectivity index (χ2v) is 7.76. The molecule has 8 nitrogen and oxygen atoms in total. The highest BCUT2D eigenvalue weighted by molar-refractivity contribution is 6.21. The molecule has 0 saturated heterocycles. The number of nitrogens with zero attached hydrogens (tertiary/aromatic N) is 5. The molecule has 0 bridgehead atoms. The van der Waals surface area contributed by atoms with Gasteiger partial charge < -0.3 is 10.3 Å². The van der Waals surface area contributed by atoms with Crippen molar-refractivity contribution in [2.75, 3.05) is 10.2 Å². The van der Waals surface area contributed by atoms with Gasteiger partial charge in [0.25, 0.3) is 11.9 Å². The number of aromatic nitrogens is 1. The standard InChI is InChI=1S/C24H15N7O/c32-21-24(16-11-5-7-13-18(16)26-21)30-23(31(24)14-8-2-1-3-9-14)29-22-27-19-15-10-4-6-12-17(15)25-20(19)28-22/h1-13H,(H,26,32)(H,25,27,28,29,30). The van der Waals surface area contributed by atoms with E-state index in [1.165, 1.54) is 0 Å². The van der Waals surface area contributed by atoms with Gasteiger partial charge in [0.2, 0.25) is 11.6 Å². The third-order valence-electron chi connectivity index (χ3n) is 5.95. The van der Waals surface area contributed by atoms with Crippen molar-refractivity contribution in [1.82, 2.24) is 4.98 Å². The Kier molecular flexibility index (Phi) is 3.20. The Labute approximate surface area is 181 Å². The van der Waals surface area contributed by atoms with Crippen LogP contribution in [-0.4, -0.2) is 22.8 Å². The summed E-state index contributed by atoms with van der Waals surface area (Å²) in [5, 5.41) is 4.71. The molecule has 1 unspecified atom stereocenters. The molecule has 32 heavy (non-hydrogen) atoms. The number of amides is 1. The average molecular weight is 417 g/mol. The van der Waals surface area contributed by atoms with Gasteiger partial charge in [0.05, 0.1) is 0 Å². The third-order valence-corrected chi connectivity index (χ3v) is 5.95. The predicted octanol–water partition coefficient (Wildman–Crippen LogP) is 2.46. The Balaban J connectivity index is 1.39. The number of rotatable bonds is 1. The molecule has 0 fully saturated rings. The van der Waals surface area contributed by atoms with Gasteiger partial charge in [-0.2, -0.15) is 9.98 Å². The molecule has 3 aliphatic heterocycles. The average Bonchev–Trinajstić information content (AvgIpc) is 3.44. The highest BCUT2D eigenvalue weighted by atomic mass is 16.2. The van der Waals surface area contributed by atoms with Crippen LogP contribution in [-0.2, 0) is 10.5 Å². The summed E-state index contributed by atoms with van der Waals surface area (Å²) >= 11 is 0. The number of para-hydroxylation sites is 3. The number of aromatic amines is 1. The molecule has 7 rings (SSSR count). The third kappa shape index (κ3) is 2.12. The number of hydrogen-bond donors (Lipinski definition) is 2. The number of guanidine groups is 2. The number of benzene rings is 3. The number of anilines is 2. The Morgan fingerprint density at radius 1 is 0.875 bits per heavy atom. The fraction of sp³-hybridized carbons (Fsp3) is 0.0417. The largest absolute Gasteiger partial charge is 0.338 e.